The lowest BCUT2D eigenvalue weighted by Gasteiger charge is -2.24. The van der Waals surface area contributed by atoms with Gasteiger partial charge in [-0.2, -0.15) is 0 Å². The molecule has 0 saturated carbocycles. The molecule has 0 aromatic rings. The largest absolute Gasteiger partial charge is 0.468 e. The first-order chi connectivity index (χ1) is 8.24. The van der Waals surface area contributed by atoms with E-state index in [1.807, 2.05) is 0 Å². The Labute approximate surface area is 106 Å². The van der Waals surface area contributed by atoms with Gasteiger partial charge in [-0.05, 0) is 26.8 Å². The van der Waals surface area contributed by atoms with E-state index in [0.29, 0.717) is 0 Å². The zero-order valence-corrected chi connectivity index (χ0v) is 11.1. The predicted molar refractivity (Wildman–Crippen MR) is 63.6 cm³/mol. The second kappa shape index (κ2) is 5.33. The summed E-state index contributed by atoms with van der Waals surface area (Å²) in [6.07, 6.45) is 3.08. The van der Waals surface area contributed by atoms with Crippen LogP contribution in [0.4, 0.5) is 0 Å². The first kappa shape index (κ1) is 14.4. The summed E-state index contributed by atoms with van der Waals surface area (Å²) < 4.78 is 9.80. The van der Waals surface area contributed by atoms with Crippen LogP contribution in [0.15, 0.2) is 12.2 Å². The van der Waals surface area contributed by atoms with Crippen LogP contribution in [0.1, 0.15) is 27.2 Å². The SMILES string of the molecule is COC(=O)C(C(=O)OC(C)(C)C)[C@H]1C=CC(=O)C1. The van der Waals surface area contributed by atoms with Crippen molar-refractivity contribution in [3.05, 3.63) is 12.2 Å². The van der Waals surface area contributed by atoms with Crippen LogP contribution in [-0.2, 0) is 23.9 Å². The normalized spacial score (nSPS) is 20.7. The summed E-state index contributed by atoms with van der Waals surface area (Å²) in [4.78, 5) is 34.8. The smallest absolute Gasteiger partial charge is 0.321 e. The number of hydrogen-bond acceptors (Lipinski definition) is 5. The Bertz CT molecular complexity index is 389. The van der Waals surface area contributed by atoms with E-state index in [1.165, 1.54) is 13.2 Å². The maximum absolute atomic E-state index is 12.0. The first-order valence-corrected chi connectivity index (χ1v) is 5.76. The fraction of sp³-hybridized carbons (Fsp3) is 0.615. The maximum atomic E-state index is 12.0. The molecule has 0 fully saturated rings. The molecule has 1 unspecified atom stereocenters. The van der Waals surface area contributed by atoms with Crippen LogP contribution in [0.25, 0.3) is 0 Å². The molecular formula is C13H18O5. The maximum Gasteiger partial charge on any atom is 0.321 e. The average molecular weight is 254 g/mol. The lowest BCUT2D eigenvalue weighted by Crippen LogP contribution is -2.37. The van der Waals surface area contributed by atoms with E-state index in [4.69, 9.17) is 4.74 Å². The van der Waals surface area contributed by atoms with Crippen molar-refractivity contribution in [3.63, 3.8) is 0 Å². The van der Waals surface area contributed by atoms with Crippen molar-refractivity contribution >= 4 is 17.7 Å². The lowest BCUT2D eigenvalue weighted by molar-refractivity contribution is -0.169. The molecule has 1 rings (SSSR count). The molecule has 0 aromatic carbocycles. The molecule has 5 heteroatoms. The van der Waals surface area contributed by atoms with Gasteiger partial charge in [0, 0.05) is 12.3 Å². The molecule has 5 nitrogen and oxygen atoms in total. The minimum atomic E-state index is -1.07. The summed E-state index contributed by atoms with van der Waals surface area (Å²) in [5.41, 5.74) is -0.685. The van der Waals surface area contributed by atoms with Crippen molar-refractivity contribution in [1.29, 1.82) is 0 Å². The predicted octanol–water partition coefficient (Wildman–Crippen LogP) is 1.26. The van der Waals surface area contributed by atoms with E-state index in [-0.39, 0.29) is 12.2 Å². The number of hydrogen-bond donors (Lipinski definition) is 0. The van der Waals surface area contributed by atoms with Crippen molar-refractivity contribution in [1.82, 2.24) is 0 Å². The monoisotopic (exact) mass is 254 g/mol. The Hall–Kier alpha value is -1.65. The number of methoxy groups -OCH3 is 1. The van der Waals surface area contributed by atoms with Crippen molar-refractivity contribution in [2.24, 2.45) is 11.8 Å². The fourth-order valence-electron chi connectivity index (χ4n) is 1.77. The number of rotatable bonds is 3. The van der Waals surface area contributed by atoms with Crippen molar-refractivity contribution in [2.45, 2.75) is 32.8 Å². The first-order valence-electron chi connectivity index (χ1n) is 5.76. The highest BCUT2D eigenvalue weighted by molar-refractivity contribution is 5.99. The third-order valence-corrected chi connectivity index (χ3v) is 2.51. The van der Waals surface area contributed by atoms with Gasteiger partial charge >= 0.3 is 11.9 Å². The van der Waals surface area contributed by atoms with Crippen molar-refractivity contribution in [3.8, 4) is 0 Å². The average Bonchev–Trinajstić information content (AvgIpc) is 2.62. The number of esters is 2. The molecule has 0 heterocycles. The van der Waals surface area contributed by atoms with Crippen molar-refractivity contribution in [2.75, 3.05) is 7.11 Å². The summed E-state index contributed by atoms with van der Waals surface area (Å²) in [6, 6.07) is 0. The third-order valence-electron chi connectivity index (χ3n) is 2.51. The quantitative estimate of drug-likeness (QED) is 0.560. The van der Waals surface area contributed by atoms with Crippen molar-refractivity contribution < 1.29 is 23.9 Å². The molecular weight excluding hydrogens is 236 g/mol. The summed E-state index contributed by atoms with van der Waals surface area (Å²) in [6.45, 7) is 5.15. The minimum absolute atomic E-state index is 0.0996. The fourth-order valence-corrected chi connectivity index (χ4v) is 1.77. The van der Waals surface area contributed by atoms with E-state index in [0.717, 1.165) is 0 Å². The molecule has 0 radical (unpaired) electrons. The number of ketones is 1. The highest BCUT2D eigenvalue weighted by atomic mass is 16.6. The summed E-state index contributed by atoms with van der Waals surface area (Å²) in [5, 5.41) is 0. The van der Waals surface area contributed by atoms with Gasteiger partial charge in [-0.3, -0.25) is 14.4 Å². The standard InChI is InChI=1S/C13H18O5/c1-13(2,3)18-12(16)10(11(15)17-4)8-5-6-9(14)7-8/h5-6,8,10H,7H2,1-4H3/t8-,10?/m0/s1. The Morgan fingerprint density at radius 1 is 1.33 bits per heavy atom. The van der Waals surface area contributed by atoms with Gasteiger partial charge in [-0.25, -0.2) is 0 Å². The molecule has 100 valence electrons. The van der Waals surface area contributed by atoms with E-state index in [1.54, 1.807) is 26.8 Å². The molecule has 0 spiro atoms. The van der Waals surface area contributed by atoms with E-state index in [9.17, 15) is 14.4 Å². The molecule has 0 bridgehead atoms. The number of ether oxygens (including phenoxy) is 2. The van der Waals surface area contributed by atoms with Gasteiger partial charge < -0.3 is 9.47 Å². The molecule has 0 N–H and O–H groups in total. The van der Waals surface area contributed by atoms with E-state index in [2.05, 4.69) is 4.74 Å². The Morgan fingerprint density at radius 2 is 1.94 bits per heavy atom. The molecule has 1 aliphatic rings. The third kappa shape index (κ3) is 3.68. The summed E-state index contributed by atoms with van der Waals surface area (Å²) in [7, 11) is 1.21. The van der Waals surface area contributed by atoms with E-state index >= 15 is 0 Å². The molecule has 18 heavy (non-hydrogen) atoms. The zero-order chi connectivity index (χ0) is 13.9. The van der Waals surface area contributed by atoms with E-state index < -0.39 is 29.4 Å². The van der Waals surface area contributed by atoms with Gasteiger partial charge in [0.05, 0.1) is 7.11 Å². The molecule has 0 amide bonds. The zero-order valence-electron chi connectivity index (χ0n) is 11.1. The molecule has 1 aliphatic carbocycles. The lowest BCUT2D eigenvalue weighted by atomic mass is 9.91. The topological polar surface area (TPSA) is 69.7 Å². The molecule has 0 aromatic heterocycles. The number of carbonyl (C=O) groups excluding carboxylic acids is 3. The highest BCUT2D eigenvalue weighted by Crippen LogP contribution is 2.27. The second-order valence-electron chi connectivity index (χ2n) is 5.23. The second-order valence-corrected chi connectivity index (χ2v) is 5.23. The van der Waals surface area contributed by atoms with Crippen LogP contribution in [0.2, 0.25) is 0 Å². The van der Waals surface area contributed by atoms with Crippen LogP contribution in [0.5, 0.6) is 0 Å². The summed E-state index contributed by atoms with van der Waals surface area (Å²) >= 11 is 0. The molecule has 0 saturated heterocycles. The van der Waals surface area contributed by atoms with Gasteiger partial charge in [-0.15, -0.1) is 0 Å². The van der Waals surface area contributed by atoms with Crippen LogP contribution in [0, 0.1) is 11.8 Å². The molecule has 2 atom stereocenters. The molecule has 0 aliphatic heterocycles. The minimum Gasteiger partial charge on any atom is -0.468 e. The van der Waals surface area contributed by atoms with Gasteiger partial charge in [0.2, 0.25) is 0 Å². The van der Waals surface area contributed by atoms with Gasteiger partial charge in [-0.1, -0.05) is 6.08 Å². The van der Waals surface area contributed by atoms with Gasteiger partial charge in [0.1, 0.15) is 5.60 Å². The van der Waals surface area contributed by atoms with Crippen LogP contribution < -0.4 is 0 Å². The Balaban J connectivity index is 2.86. The Morgan fingerprint density at radius 3 is 2.33 bits per heavy atom. The van der Waals surface area contributed by atoms with Crippen LogP contribution >= 0.6 is 0 Å². The van der Waals surface area contributed by atoms with Crippen LogP contribution in [-0.4, -0.2) is 30.4 Å². The highest BCUT2D eigenvalue weighted by Gasteiger charge is 2.40. The summed E-state index contributed by atoms with van der Waals surface area (Å²) in [5.74, 6) is -2.97. The number of carbonyl (C=O) groups is 3. The Kier molecular flexibility index (Phi) is 4.27. The van der Waals surface area contributed by atoms with Gasteiger partial charge in [0.15, 0.2) is 11.7 Å². The number of allylic oxidation sites excluding steroid dienone is 2. The van der Waals surface area contributed by atoms with Gasteiger partial charge in [0.25, 0.3) is 0 Å². The van der Waals surface area contributed by atoms with Crippen LogP contribution in [0.3, 0.4) is 0 Å².